The molecule has 0 unspecified atom stereocenters. The molecule has 1 aromatic rings. The Labute approximate surface area is 96.5 Å². The predicted molar refractivity (Wildman–Crippen MR) is 61.3 cm³/mol. The Balaban J connectivity index is 2.50. The molecule has 0 saturated heterocycles. The summed E-state index contributed by atoms with van der Waals surface area (Å²) in [6.45, 7) is 1.81. The molecule has 0 aromatic heterocycles. The van der Waals surface area contributed by atoms with E-state index in [2.05, 4.69) is 4.74 Å². The van der Waals surface area contributed by atoms with Crippen molar-refractivity contribution in [2.24, 2.45) is 0 Å². The maximum absolute atomic E-state index is 11.0. The summed E-state index contributed by atoms with van der Waals surface area (Å²) >= 11 is 1.94. The summed E-state index contributed by atoms with van der Waals surface area (Å²) in [5, 5.41) is 0. The van der Waals surface area contributed by atoms with Gasteiger partial charge in [-0.1, -0.05) is 30.3 Å². The van der Waals surface area contributed by atoms with Crippen LogP contribution in [0, 0.1) is 0 Å². The summed E-state index contributed by atoms with van der Waals surface area (Å²) in [6, 6.07) is 9.53. The van der Waals surface area contributed by atoms with Gasteiger partial charge in [0.2, 0.25) is 0 Å². The Hall–Kier alpha value is -0.780. The molecule has 76 valence electrons. The summed E-state index contributed by atoms with van der Waals surface area (Å²) in [5.41, 5.74) is 0.956. The normalized spacial score (nSPS) is 11.9. The van der Waals surface area contributed by atoms with Crippen molar-refractivity contribution in [3.63, 3.8) is 0 Å². The number of rotatable bonds is 3. The van der Waals surface area contributed by atoms with Gasteiger partial charge in [-0.05, 0) is 35.1 Å². The third-order valence-corrected chi connectivity index (χ3v) is 2.03. The molecule has 0 saturated carbocycles. The molecule has 0 heterocycles. The molecule has 0 N–H and O–H groups in total. The van der Waals surface area contributed by atoms with Gasteiger partial charge in [0.05, 0.1) is 0 Å². The van der Waals surface area contributed by atoms with Gasteiger partial charge in [0.1, 0.15) is 10.7 Å². The molecule has 14 heavy (non-hydrogen) atoms. The predicted octanol–water partition coefficient (Wildman–Crippen LogP) is 3.29. The van der Waals surface area contributed by atoms with E-state index in [0.29, 0.717) is 4.61 Å². The van der Waals surface area contributed by atoms with Crippen LogP contribution in [-0.4, -0.2) is 10.8 Å². The second-order valence-electron chi connectivity index (χ2n) is 2.67. The molecule has 0 radical (unpaired) electrons. The highest BCUT2D eigenvalue weighted by molar-refractivity contribution is 14.1. The Kier molecular flexibility index (Phi) is 4.72. The van der Waals surface area contributed by atoms with Gasteiger partial charge in [0.25, 0.3) is 0 Å². The van der Waals surface area contributed by atoms with E-state index >= 15 is 0 Å². The third kappa shape index (κ3) is 3.53. The Morgan fingerprint density at radius 2 is 2.07 bits per heavy atom. The van der Waals surface area contributed by atoms with Gasteiger partial charge in [-0.2, -0.15) is 0 Å². The molecule has 1 aromatic carbocycles. The number of hydrogen-bond acceptors (Lipinski definition) is 3. The largest absolute Gasteiger partial charge is 0.509 e. The van der Waals surface area contributed by atoms with Crippen molar-refractivity contribution < 1.29 is 14.3 Å². The number of hydrogen-bond donors (Lipinski definition) is 0. The summed E-state index contributed by atoms with van der Waals surface area (Å²) in [5.74, 6) is 0. The molecule has 0 aliphatic rings. The first kappa shape index (κ1) is 11.3. The van der Waals surface area contributed by atoms with Crippen molar-refractivity contribution in [3.05, 3.63) is 35.9 Å². The van der Waals surface area contributed by atoms with Crippen molar-refractivity contribution in [1.82, 2.24) is 0 Å². The lowest BCUT2D eigenvalue weighted by Gasteiger charge is -2.12. The number of ether oxygens (including phenoxy) is 2. The van der Waals surface area contributed by atoms with Crippen LogP contribution >= 0.6 is 22.6 Å². The first-order chi connectivity index (χ1) is 6.74. The summed E-state index contributed by atoms with van der Waals surface area (Å²) in [7, 11) is 0. The van der Waals surface area contributed by atoms with Gasteiger partial charge in [-0.15, -0.1) is 0 Å². The second kappa shape index (κ2) is 5.85. The third-order valence-electron chi connectivity index (χ3n) is 1.71. The number of alkyl halides is 1. The van der Waals surface area contributed by atoms with E-state index in [-0.39, 0.29) is 6.10 Å². The van der Waals surface area contributed by atoms with Crippen LogP contribution in [0.5, 0.6) is 0 Å². The first-order valence-electron chi connectivity index (χ1n) is 4.18. The van der Waals surface area contributed by atoms with Gasteiger partial charge >= 0.3 is 6.16 Å². The smallest absolute Gasteiger partial charge is 0.426 e. The molecule has 0 amide bonds. The van der Waals surface area contributed by atoms with Crippen LogP contribution in [0.15, 0.2) is 30.3 Å². The van der Waals surface area contributed by atoms with Crippen molar-refractivity contribution in [1.29, 1.82) is 0 Å². The van der Waals surface area contributed by atoms with Gasteiger partial charge in [0, 0.05) is 0 Å². The standard InChI is InChI=1S/C10H11IO3/c1-8(14-10(12)13-7-11)9-5-3-2-4-6-9/h2-6,8H,7H2,1H3/t8-/m1/s1. The van der Waals surface area contributed by atoms with Gasteiger partial charge < -0.3 is 9.47 Å². The lowest BCUT2D eigenvalue weighted by atomic mass is 10.1. The van der Waals surface area contributed by atoms with Crippen molar-refractivity contribution >= 4 is 28.7 Å². The summed E-state index contributed by atoms with van der Waals surface area (Å²) < 4.78 is 9.97. The van der Waals surface area contributed by atoms with Gasteiger partial charge in [-0.3, -0.25) is 0 Å². The minimum atomic E-state index is -0.629. The second-order valence-corrected chi connectivity index (χ2v) is 3.30. The minimum Gasteiger partial charge on any atom is -0.426 e. The molecule has 1 atom stereocenters. The topological polar surface area (TPSA) is 35.5 Å². The molecule has 0 bridgehead atoms. The van der Waals surface area contributed by atoms with Crippen molar-refractivity contribution in [3.8, 4) is 0 Å². The van der Waals surface area contributed by atoms with Crippen molar-refractivity contribution in [2.45, 2.75) is 13.0 Å². The number of halogens is 1. The maximum atomic E-state index is 11.0. The highest BCUT2D eigenvalue weighted by Crippen LogP contribution is 2.16. The van der Waals surface area contributed by atoms with Crippen molar-refractivity contribution in [2.75, 3.05) is 4.61 Å². The molecule has 0 spiro atoms. The molecule has 0 aliphatic heterocycles. The quantitative estimate of drug-likeness (QED) is 0.488. The highest BCUT2D eigenvalue weighted by atomic mass is 127. The summed E-state index contributed by atoms with van der Waals surface area (Å²) in [4.78, 5) is 11.0. The molecule has 0 fully saturated rings. The van der Waals surface area contributed by atoms with Crippen LogP contribution in [0.4, 0.5) is 4.79 Å². The van der Waals surface area contributed by atoms with E-state index in [1.54, 1.807) is 0 Å². The summed E-state index contributed by atoms with van der Waals surface area (Å²) in [6.07, 6.45) is -0.901. The minimum absolute atomic E-state index is 0.272. The Bertz CT molecular complexity index is 287. The molecule has 4 heteroatoms. The molecule has 1 rings (SSSR count). The van der Waals surface area contributed by atoms with Gasteiger partial charge in [0.15, 0.2) is 0 Å². The van der Waals surface area contributed by atoms with E-state index in [0.717, 1.165) is 5.56 Å². The molecule has 0 aliphatic carbocycles. The van der Waals surface area contributed by atoms with E-state index in [1.165, 1.54) is 0 Å². The highest BCUT2D eigenvalue weighted by Gasteiger charge is 2.11. The fourth-order valence-electron chi connectivity index (χ4n) is 1.01. The zero-order chi connectivity index (χ0) is 10.4. The van der Waals surface area contributed by atoms with Crippen LogP contribution < -0.4 is 0 Å². The number of benzene rings is 1. The number of carbonyl (C=O) groups is 1. The lowest BCUT2D eigenvalue weighted by Crippen LogP contribution is -2.09. The van der Waals surface area contributed by atoms with E-state index in [9.17, 15) is 4.79 Å². The van der Waals surface area contributed by atoms with Crippen LogP contribution in [0.1, 0.15) is 18.6 Å². The van der Waals surface area contributed by atoms with E-state index < -0.39 is 6.16 Å². The maximum Gasteiger partial charge on any atom is 0.509 e. The molecule has 3 nitrogen and oxygen atoms in total. The van der Waals surface area contributed by atoms with Gasteiger partial charge in [-0.25, -0.2) is 4.79 Å². The monoisotopic (exact) mass is 306 g/mol. The lowest BCUT2D eigenvalue weighted by molar-refractivity contribution is 0.0413. The van der Waals surface area contributed by atoms with Crippen LogP contribution in [0.25, 0.3) is 0 Å². The fraction of sp³-hybridized carbons (Fsp3) is 0.300. The average Bonchev–Trinajstić information content (AvgIpc) is 2.19. The SMILES string of the molecule is C[C@@H](OC(=O)OCI)c1ccccc1. The average molecular weight is 306 g/mol. The fourth-order valence-corrected chi connectivity index (χ4v) is 1.27. The molecular formula is C10H11IO3. The van der Waals surface area contributed by atoms with E-state index in [1.807, 2.05) is 59.8 Å². The zero-order valence-corrected chi connectivity index (χ0v) is 9.93. The Morgan fingerprint density at radius 3 is 2.64 bits per heavy atom. The van der Waals surface area contributed by atoms with Crippen LogP contribution in [0.3, 0.4) is 0 Å². The first-order valence-corrected chi connectivity index (χ1v) is 5.71. The molecular weight excluding hydrogens is 295 g/mol. The van der Waals surface area contributed by atoms with Crippen LogP contribution in [-0.2, 0) is 9.47 Å². The van der Waals surface area contributed by atoms with E-state index in [4.69, 9.17) is 4.74 Å². The van der Waals surface area contributed by atoms with Crippen LogP contribution in [0.2, 0.25) is 0 Å². The number of carbonyl (C=O) groups excluding carboxylic acids is 1. The Morgan fingerprint density at radius 1 is 1.43 bits per heavy atom. The zero-order valence-electron chi connectivity index (χ0n) is 7.77.